The molecule has 1 N–H and O–H groups in total. The number of halogens is 1. The molecular weight excluding hydrogens is 427 g/mol. The number of furan rings is 1. The first-order valence-corrected chi connectivity index (χ1v) is 9.63. The first-order valence-electron chi connectivity index (χ1n) is 9.63. The Bertz CT molecular complexity index is 500. The SMILES string of the molecule is CCCN=C(NCCc1ccco1)N1CCC(CN2CCCC2)C1.I. The van der Waals surface area contributed by atoms with E-state index in [1.54, 1.807) is 6.26 Å². The summed E-state index contributed by atoms with van der Waals surface area (Å²) < 4.78 is 5.41. The van der Waals surface area contributed by atoms with Crippen molar-refractivity contribution in [2.75, 3.05) is 45.8 Å². The maximum Gasteiger partial charge on any atom is 0.193 e. The zero-order valence-electron chi connectivity index (χ0n) is 15.5. The summed E-state index contributed by atoms with van der Waals surface area (Å²) in [7, 11) is 0. The van der Waals surface area contributed by atoms with E-state index in [-0.39, 0.29) is 24.0 Å². The maximum atomic E-state index is 5.41. The largest absolute Gasteiger partial charge is 0.469 e. The van der Waals surface area contributed by atoms with Gasteiger partial charge in [-0.2, -0.15) is 0 Å². The standard InChI is InChI=1S/C19H32N4O.HI/c1-2-9-20-19(21-10-7-18-6-5-14-24-18)23-13-8-17(16-23)15-22-11-3-4-12-22;/h5-6,14,17H,2-4,7-13,15-16H2,1H3,(H,20,21);1H. The van der Waals surface area contributed by atoms with Crippen molar-refractivity contribution in [3.05, 3.63) is 24.2 Å². The summed E-state index contributed by atoms with van der Waals surface area (Å²) in [6, 6.07) is 3.98. The molecule has 0 bridgehead atoms. The molecule has 25 heavy (non-hydrogen) atoms. The van der Waals surface area contributed by atoms with Gasteiger partial charge in [-0.1, -0.05) is 6.92 Å². The highest BCUT2D eigenvalue weighted by Crippen LogP contribution is 2.20. The second kappa shape index (κ2) is 11.1. The Labute approximate surface area is 169 Å². The molecule has 0 aromatic carbocycles. The van der Waals surface area contributed by atoms with Gasteiger partial charge in [0, 0.05) is 39.1 Å². The topological polar surface area (TPSA) is 44.0 Å². The smallest absolute Gasteiger partial charge is 0.193 e. The fraction of sp³-hybridized carbons (Fsp3) is 0.737. The number of hydrogen-bond donors (Lipinski definition) is 1. The van der Waals surface area contributed by atoms with Crippen molar-refractivity contribution >= 4 is 29.9 Å². The molecule has 3 rings (SSSR count). The molecular formula is C19H33IN4O. The summed E-state index contributed by atoms with van der Waals surface area (Å²) >= 11 is 0. The lowest BCUT2D eigenvalue weighted by atomic mass is 10.1. The first-order chi connectivity index (χ1) is 11.8. The Kier molecular flexibility index (Phi) is 9.09. The van der Waals surface area contributed by atoms with Crippen LogP contribution >= 0.6 is 24.0 Å². The van der Waals surface area contributed by atoms with E-state index in [2.05, 4.69) is 22.0 Å². The Morgan fingerprint density at radius 1 is 1.32 bits per heavy atom. The van der Waals surface area contributed by atoms with Gasteiger partial charge in [-0.25, -0.2) is 0 Å². The van der Waals surface area contributed by atoms with Gasteiger partial charge in [0.05, 0.1) is 6.26 Å². The molecule has 2 fully saturated rings. The number of aliphatic imine (C=N–C) groups is 1. The molecule has 1 aromatic rings. The minimum Gasteiger partial charge on any atom is -0.469 e. The molecule has 2 saturated heterocycles. The van der Waals surface area contributed by atoms with E-state index in [1.165, 1.54) is 38.9 Å². The van der Waals surface area contributed by atoms with Gasteiger partial charge in [-0.3, -0.25) is 4.99 Å². The Morgan fingerprint density at radius 3 is 2.88 bits per heavy atom. The minimum atomic E-state index is 0. The molecule has 3 heterocycles. The van der Waals surface area contributed by atoms with Crippen LogP contribution in [0.5, 0.6) is 0 Å². The normalized spacial score (nSPS) is 21.6. The van der Waals surface area contributed by atoms with Gasteiger partial charge < -0.3 is 19.5 Å². The zero-order valence-corrected chi connectivity index (χ0v) is 17.8. The zero-order chi connectivity index (χ0) is 16.6. The minimum absolute atomic E-state index is 0. The summed E-state index contributed by atoms with van der Waals surface area (Å²) in [6.45, 7) is 10.1. The second-order valence-electron chi connectivity index (χ2n) is 7.07. The first kappa shape index (κ1) is 20.6. The van der Waals surface area contributed by atoms with Gasteiger partial charge >= 0.3 is 0 Å². The highest BCUT2D eigenvalue weighted by atomic mass is 127. The van der Waals surface area contributed by atoms with Gasteiger partial charge in [-0.05, 0) is 56.8 Å². The molecule has 2 aliphatic rings. The molecule has 0 amide bonds. The van der Waals surface area contributed by atoms with Crippen molar-refractivity contribution in [2.45, 2.75) is 39.0 Å². The molecule has 142 valence electrons. The highest BCUT2D eigenvalue weighted by Gasteiger charge is 2.27. The monoisotopic (exact) mass is 460 g/mol. The molecule has 5 nitrogen and oxygen atoms in total. The average Bonchev–Trinajstić information content (AvgIpc) is 3.34. The molecule has 1 unspecified atom stereocenters. The van der Waals surface area contributed by atoms with Crippen LogP contribution in [0.15, 0.2) is 27.8 Å². The van der Waals surface area contributed by atoms with Crippen molar-refractivity contribution in [3.63, 3.8) is 0 Å². The number of guanidine groups is 1. The van der Waals surface area contributed by atoms with Crippen LogP contribution in [0.3, 0.4) is 0 Å². The summed E-state index contributed by atoms with van der Waals surface area (Å²) in [5.41, 5.74) is 0. The molecule has 1 atom stereocenters. The van der Waals surface area contributed by atoms with Crippen molar-refractivity contribution in [1.82, 2.24) is 15.1 Å². The number of hydrogen-bond acceptors (Lipinski definition) is 3. The van der Waals surface area contributed by atoms with E-state index in [4.69, 9.17) is 9.41 Å². The fourth-order valence-corrected chi connectivity index (χ4v) is 3.74. The van der Waals surface area contributed by atoms with Gasteiger partial charge in [0.25, 0.3) is 0 Å². The van der Waals surface area contributed by atoms with E-state index < -0.39 is 0 Å². The summed E-state index contributed by atoms with van der Waals surface area (Å²) in [5, 5.41) is 3.55. The Hall–Kier alpha value is -0.760. The van der Waals surface area contributed by atoms with E-state index in [1.807, 2.05) is 12.1 Å². The Morgan fingerprint density at radius 2 is 2.16 bits per heavy atom. The predicted octanol–water partition coefficient (Wildman–Crippen LogP) is 3.21. The molecule has 1 aromatic heterocycles. The number of likely N-dealkylation sites (tertiary alicyclic amines) is 2. The fourth-order valence-electron chi connectivity index (χ4n) is 3.74. The average molecular weight is 460 g/mol. The van der Waals surface area contributed by atoms with Crippen LogP contribution < -0.4 is 5.32 Å². The second-order valence-corrected chi connectivity index (χ2v) is 7.07. The van der Waals surface area contributed by atoms with Crippen LogP contribution in [0.4, 0.5) is 0 Å². The lowest BCUT2D eigenvalue weighted by Crippen LogP contribution is -2.41. The quantitative estimate of drug-likeness (QED) is 0.386. The third-order valence-corrected chi connectivity index (χ3v) is 5.02. The third-order valence-electron chi connectivity index (χ3n) is 5.02. The van der Waals surface area contributed by atoms with Crippen LogP contribution in [-0.2, 0) is 6.42 Å². The van der Waals surface area contributed by atoms with Crippen LogP contribution in [0.2, 0.25) is 0 Å². The van der Waals surface area contributed by atoms with Crippen molar-refractivity contribution < 1.29 is 4.42 Å². The molecule has 0 aliphatic carbocycles. The third kappa shape index (κ3) is 6.47. The summed E-state index contributed by atoms with van der Waals surface area (Å²) in [6.07, 6.45) is 7.80. The van der Waals surface area contributed by atoms with Crippen molar-refractivity contribution in [3.8, 4) is 0 Å². The van der Waals surface area contributed by atoms with E-state index in [0.29, 0.717) is 0 Å². The van der Waals surface area contributed by atoms with Gasteiger partial charge in [0.15, 0.2) is 5.96 Å². The van der Waals surface area contributed by atoms with E-state index in [9.17, 15) is 0 Å². The lowest BCUT2D eigenvalue weighted by molar-refractivity contribution is 0.281. The molecule has 0 saturated carbocycles. The number of nitrogens with zero attached hydrogens (tertiary/aromatic N) is 3. The van der Waals surface area contributed by atoms with Gasteiger partial charge in [0.1, 0.15) is 5.76 Å². The Balaban J connectivity index is 0.00000225. The van der Waals surface area contributed by atoms with Gasteiger partial charge in [-0.15, -0.1) is 24.0 Å². The van der Waals surface area contributed by atoms with Gasteiger partial charge in [0.2, 0.25) is 0 Å². The van der Waals surface area contributed by atoms with Crippen LogP contribution in [-0.4, -0.2) is 61.6 Å². The number of nitrogens with one attached hydrogen (secondary N) is 1. The molecule has 0 spiro atoms. The van der Waals surface area contributed by atoms with Crippen LogP contribution in [0.25, 0.3) is 0 Å². The maximum absolute atomic E-state index is 5.41. The predicted molar refractivity (Wildman–Crippen MR) is 114 cm³/mol. The lowest BCUT2D eigenvalue weighted by Gasteiger charge is -2.23. The molecule has 6 heteroatoms. The number of rotatable bonds is 7. The highest BCUT2D eigenvalue weighted by molar-refractivity contribution is 14.0. The summed E-state index contributed by atoms with van der Waals surface area (Å²) in [5.74, 6) is 2.92. The van der Waals surface area contributed by atoms with Crippen molar-refractivity contribution in [1.29, 1.82) is 0 Å². The van der Waals surface area contributed by atoms with Crippen LogP contribution in [0, 0.1) is 5.92 Å². The molecule has 2 aliphatic heterocycles. The van der Waals surface area contributed by atoms with Crippen molar-refractivity contribution in [2.24, 2.45) is 10.9 Å². The molecule has 0 radical (unpaired) electrons. The summed E-state index contributed by atoms with van der Waals surface area (Å²) in [4.78, 5) is 9.89. The van der Waals surface area contributed by atoms with E-state index >= 15 is 0 Å². The van der Waals surface area contributed by atoms with E-state index in [0.717, 1.165) is 56.7 Å². The van der Waals surface area contributed by atoms with Crippen LogP contribution in [0.1, 0.15) is 38.4 Å².